The SMILES string of the molecule is CC1CN(C(=O)c2cc3c(s2)CCCCCC3)CC(C)O1. The Morgan fingerprint density at radius 2 is 1.81 bits per heavy atom. The van der Waals surface area contributed by atoms with Gasteiger partial charge in [-0.05, 0) is 51.2 Å². The van der Waals surface area contributed by atoms with Crippen molar-refractivity contribution in [3.8, 4) is 0 Å². The van der Waals surface area contributed by atoms with Gasteiger partial charge in [-0.2, -0.15) is 0 Å². The van der Waals surface area contributed by atoms with E-state index in [0.29, 0.717) is 13.1 Å². The molecule has 0 saturated carbocycles. The van der Waals surface area contributed by atoms with Crippen molar-refractivity contribution in [3.05, 3.63) is 21.4 Å². The second-order valence-electron chi connectivity index (χ2n) is 6.44. The van der Waals surface area contributed by atoms with Gasteiger partial charge in [-0.15, -0.1) is 11.3 Å². The lowest BCUT2D eigenvalue weighted by Crippen LogP contribution is -2.48. The largest absolute Gasteiger partial charge is 0.372 e. The van der Waals surface area contributed by atoms with Crippen molar-refractivity contribution >= 4 is 17.2 Å². The summed E-state index contributed by atoms with van der Waals surface area (Å²) in [7, 11) is 0. The molecule has 2 aliphatic rings. The minimum absolute atomic E-state index is 0.138. The Morgan fingerprint density at radius 1 is 1.14 bits per heavy atom. The Labute approximate surface area is 131 Å². The summed E-state index contributed by atoms with van der Waals surface area (Å²) in [4.78, 5) is 17.1. The highest BCUT2D eigenvalue weighted by Crippen LogP contribution is 2.29. The Hall–Kier alpha value is -0.870. The quantitative estimate of drug-likeness (QED) is 0.792. The highest BCUT2D eigenvalue weighted by Gasteiger charge is 2.28. The minimum atomic E-state index is 0.138. The van der Waals surface area contributed by atoms with Crippen molar-refractivity contribution in [1.82, 2.24) is 4.90 Å². The molecule has 1 amide bonds. The Bertz CT molecular complexity index is 475. The Kier molecular flexibility index (Phi) is 4.65. The second kappa shape index (κ2) is 6.49. The zero-order valence-electron chi connectivity index (χ0n) is 13.1. The van der Waals surface area contributed by atoms with E-state index in [4.69, 9.17) is 4.74 Å². The van der Waals surface area contributed by atoms with Crippen LogP contribution in [0.5, 0.6) is 0 Å². The van der Waals surface area contributed by atoms with E-state index in [1.165, 1.54) is 36.1 Å². The van der Waals surface area contributed by atoms with Crippen molar-refractivity contribution < 1.29 is 9.53 Å². The van der Waals surface area contributed by atoms with Crippen LogP contribution >= 0.6 is 11.3 Å². The zero-order chi connectivity index (χ0) is 14.8. The molecular formula is C17H25NO2S. The van der Waals surface area contributed by atoms with Gasteiger partial charge in [0.1, 0.15) is 0 Å². The van der Waals surface area contributed by atoms with Gasteiger partial charge in [0.2, 0.25) is 0 Å². The highest BCUT2D eigenvalue weighted by molar-refractivity contribution is 7.14. The first kappa shape index (κ1) is 15.0. The first-order valence-corrected chi connectivity index (χ1v) is 9.01. The van der Waals surface area contributed by atoms with Crippen molar-refractivity contribution in [2.24, 2.45) is 0 Å². The van der Waals surface area contributed by atoms with Crippen LogP contribution in [-0.2, 0) is 17.6 Å². The van der Waals surface area contributed by atoms with E-state index in [9.17, 15) is 4.79 Å². The van der Waals surface area contributed by atoms with Gasteiger partial charge in [0.05, 0.1) is 17.1 Å². The molecule has 116 valence electrons. The number of amides is 1. The number of hydrogen-bond donors (Lipinski definition) is 0. The molecule has 0 N–H and O–H groups in total. The first-order chi connectivity index (χ1) is 10.1. The van der Waals surface area contributed by atoms with E-state index in [-0.39, 0.29) is 18.1 Å². The lowest BCUT2D eigenvalue weighted by atomic mass is 10.00. The molecular weight excluding hydrogens is 282 g/mol. The van der Waals surface area contributed by atoms with Gasteiger partial charge in [0.15, 0.2) is 0 Å². The van der Waals surface area contributed by atoms with E-state index >= 15 is 0 Å². The maximum atomic E-state index is 12.8. The third-order valence-corrected chi connectivity index (χ3v) is 5.64. The van der Waals surface area contributed by atoms with Gasteiger partial charge in [0.25, 0.3) is 5.91 Å². The molecule has 4 heteroatoms. The van der Waals surface area contributed by atoms with Crippen LogP contribution in [0.2, 0.25) is 0 Å². The van der Waals surface area contributed by atoms with Crippen LogP contribution < -0.4 is 0 Å². The Morgan fingerprint density at radius 3 is 2.52 bits per heavy atom. The monoisotopic (exact) mass is 307 g/mol. The van der Waals surface area contributed by atoms with Crippen LogP contribution in [-0.4, -0.2) is 36.1 Å². The molecule has 1 aliphatic heterocycles. The number of carbonyl (C=O) groups is 1. The summed E-state index contributed by atoms with van der Waals surface area (Å²) in [5.74, 6) is 0.203. The molecule has 0 spiro atoms. The summed E-state index contributed by atoms with van der Waals surface area (Å²) in [6, 6.07) is 2.17. The fraction of sp³-hybridized carbons (Fsp3) is 0.706. The molecule has 2 atom stereocenters. The maximum absolute atomic E-state index is 12.8. The maximum Gasteiger partial charge on any atom is 0.264 e. The smallest absolute Gasteiger partial charge is 0.264 e. The predicted molar refractivity (Wildman–Crippen MR) is 86.1 cm³/mol. The summed E-state index contributed by atoms with van der Waals surface area (Å²) in [5.41, 5.74) is 1.43. The summed E-state index contributed by atoms with van der Waals surface area (Å²) in [6.45, 7) is 5.52. The molecule has 2 unspecified atom stereocenters. The molecule has 3 nitrogen and oxygen atoms in total. The summed E-state index contributed by atoms with van der Waals surface area (Å²) in [5, 5.41) is 0. The molecule has 1 aliphatic carbocycles. The first-order valence-electron chi connectivity index (χ1n) is 8.20. The topological polar surface area (TPSA) is 29.5 Å². The number of nitrogens with zero attached hydrogens (tertiary/aromatic N) is 1. The number of thiophene rings is 1. The lowest BCUT2D eigenvalue weighted by Gasteiger charge is -2.35. The average molecular weight is 307 g/mol. The number of aryl methyl sites for hydroxylation is 2. The Balaban J connectivity index is 1.76. The van der Waals surface area contributed by atoms with E-state index in [1.807, 2.05) is 18.7 Å². The van der Waals surface area contributed by atoms with Crippen molar-refractivity contribution in [2.45, 2.75) is 64.6 Å². The molecule has 0 bridgehead atoms. The molecule has 1 saturated heterocycles. The number of hydrogen-bond acceptors (Lipinski definition) is 3. The van der Waals surface area contributed by atoms with Crippen molar-refractivity contribution in [3.63, 3.8) is 0 Å². The number of morpholine rings is 1. The average Bonchev–Trinajstić information content (AvgIpc) is 2.79. The minimum Gasteiger partial charge on any atom is -0.372 e. The van der Waals surface area contributed by atoms with Gasteiger partial charge in [-0.25, -0.2) is 0 Å². The normalized spacial score (nSPS) is 26.9. The molecule has 1 aromatic rings. The molecule has 0 radical (unpaired) electrons. The van der Waals surface area contributed by atoms with E-state index < -0.39 is 0 Å². The molecule has 3 rings (SSSR count). The third-order valence-electron chi connectivity index (χ3n) is 4.41. The van der Waals surface area contributed by atoms with Gasteiger partial charge in [-0.1, -0.05) is 12.8 Å². The lowest BCUT2D eigenvalue weighted by molar-refractivity contribution is -0.0585. The van der Waals surface area contributed by atoms with Crippen LogP contribution in [0.25, 0.3) is 0 Å². The van der Waals surface area contributed by atoms with E-state index in [0.717, 1.165) is 17.7 Å². The molecule has 2 heterocycles. The zero-order valence-corrected chi connectivity index (χ0v) is 13.9. The molecule has 1 aromatic heterocycles. The van der Waals surface area contributed by atoms with E-state index in [2.05, 4.69) is 6.07 Å². The second-order valence-corrected chi connectivity index (χ2v) is 7.58. The van der Waals surface area contributed by atoms with Crippen molar-refractivity contribution in [1.29, 1.82) is 0 Å². The molecule has 1 fully saturated rings. The highest BCUT2D eigenvalue weighted by atomic mass is 32.1. The van der Waals surface area contributed by atoms with Crippen LogP contribution in [0.1, 0.15) is 59.6 Å². The summed E-state index contributed by atoms with van der Waals surface area (Å²) in [6.07, 6.45) is 7.78. The number of carbonyl (C=O) groups excluding carboxylic acids is 1. The van der Waals surface area contributed by atoms with Gasteiger partial charge < -0.3 is 9.64 Å². The number of ether oxygens (including phenoxy) is 1. The van der Waals surface area contributed by atoms with Crippen LogP contribution in [0.4, 0.5) is 0 Å². The molecule has 21 heavy (non-hydrogen) atoms. The fourth-order valence-corrected chi connectivity index (χ4v) is 4.67. The fourth-order valence-electron chi connectivity index (χ4n) is 3.45. The van der Waals surface area contributed by atoms with Crippen LogP contribution in [0.3, 0.4) is 0 Å². The van der Waals surface area contributed by atoms with Crippen LogP contribution in [0, 0.1) is 0 Å². The third kappa shape index (κ3) is 3.49. The summed E-state index contributed by atoms with van der Waals surface area (Å²) < 4.78 is 5.73. The molecule has 0 aromatic carbocycles. The number of rotatable bonds is 1. The predicted octanol–water partition coefficient (Wildman–Crippen LogP) is 3.66. The van der Waals surface area contributed by atoms with Crippen molar-refractivity contribution in [2.75, 3.05) is 13.1 Å². The van der Waals surface area contributed by atoms with Gasteiger partial charge >= 0.3 is 0 Å². The van der Waals surface area contributed by atoms with Crippen LogP contribution in [0.15, 0.2) is 6.07 Å². The summed E-state index contributed by atoms with van der Waals surface area (Å²) >= 11 is 1.73. The van der Waals surface area contributed by atoms with E-state index in [1.54, 1.807) is 11.3 Å². The standard InChI is InChI=1S/C17H25NO2S/c1-12-10-18(11-13(2)20-12)17(19)16-9-14-7-5-3-4-6-8-15(14)21-16/h9,12-13H,3-8,10-11H2,1-2H3. The van der Waals surface area contributed by atoms with Gasteiger partial charge in [0, 0.05) is 18.0 Å². The number of fused-ring (bicyclic) bond motifs is 1. The van der Waals surface area contributed by atoms with Gasteiger partial charge in [-0.3, -0.25) is 4.79 Å².